The number of nitrogens with one attached hydrogen (secondary N) is 3. The Hall–Kier alpha value is -2.56. The van der Waals surface area contributed by atoms with Crippen molar-refractivity contribution in [1.82, 2.24) is 26.1 Å². The van der Waals surface area contributed by atoms with Crippen LogP contribution in [0.4, 0.5) is 17.6 Å². The topological polar surface area (TPSA) is 69.3 Å². The van der Waals surface area contributed by atoms with Crippen LogP contribution in [0, 0.1) is 23.5 Å². The van der Waals surface area contributed by atoms with Gasteiger partial charge in [0.15, 0.2) is 0 Å². The third-order valence-electron chi connectivity index (χ3n) is 7.46. The Morgan fingerprint density at radius 1 is 1.11 bits per heavy atom. The Kier molecular flexibility index (Phi) is 6.78. The van der Waals surface area contributed by atoms with Crippen LogP contribution in [-0.2, 0) is 11.3 Å². The van der Waals surface area contributed by atoms with Crippen LogP contribution in [0.3, 0.4) is 0 Å². The molecule has 1 aliphatic carbocycles. The Balaban J connectivity index is 1.23. The van der Waals surface area contributed by atoms with Crippen molar-refractivity contribution in [1.29, 1.82) is 0 Å². The molecule has 35 heavy (non-hydrogen) atoms. The first-order valence-electron chi connectivity index (χ1n) is 12.0. The van der Waals surface area contributed by atoms with Gasteiger partial charge in [0, 0.05) is 55.5 Å². The van der Waals surface area contributed by atoms with Gasteiger partial charge in [-0.05, 0) is 55.0 Å². The normalized spacial score (nSPS) is 30.6. The Bertz CT molecular complexity index is 1040. The summed E-state index contributed by atoms with van der Waals surface area (Å²) in [5, 5.41) is 2.82. The summed E-state index contributed by atoms with van der Waals surface area (Å²) in [7, 11) is 0. The molecule has 1 aromatic heterocycles. The van der Waals surface area contributed by atoms with Gasteiger partial charge in [-0.2, -0.15) is 0 Å². The van der Waals surface area contributed by atoms with Gasteiger partial charge in [0.05, 0.1) is 12.6 Å². The molecule has 5 rings (SSSR count). The van der Waals surface area contributed by atoms with E-state index in [0.29, 0.717) is 12.8 Å². The summed E-state index contributed by atoms with van der Waals surface area (Å²) in [5.41, 5.74) is 7.50. The fourth-order valence-corrected chi connectivity index (χ4v) is 5.83. The lowest BCUT2D eigenvalue weighted by molar-refractivity contribution is -0.130. The molecule has 0 bridgehead atoms. The number of likely N-dealkylation sites (tertiary alicyclic amines) is 1. The third kappa shape index (κ3) is 5.34. The molecule has 3 heterocycles. The molecule has 0 spiro atoms. The number of hydrazine groups is 1. The van der Waals surface area contributed by atoms with Crippen LogP contribution in [0.25, 0.3) is 0 Å². The molecule has 1 amide bonds. The van der Waals surface area contributed by atoms with Crippen LogP contribution < -0.4 is 16.2 Å². The number of alkyl halides is 2. The minimum atomic E-state index is -3.07. The number of halogens is 4. The van der Waals surface area contributed by atoms with Gasteiger partial charge in [0.2, 0.25) is 5.91 Å². The number of rotatable bonds is 5. The second-order valence-corrected chi connectivity index (χ2v) is 9.96. The third-order valence-corrected chi connectivity index (χ3v) is 7.46. The first-order valence-corrected chi connectivity index (χ1v) is 12.0. The molecule has 6 nitrogen and oxygen atoms in total. The summed E-state index contributed by atoms with van der Waals surface area (Å²) in [5.74, 6) is -4.92. The highest BCUT2D eigenvalue weighted by atomic mass is 19.3. The van der Waals surface area contributed by atoms with Gasteiger partial charge in [-0.25, -0.2) is 23.0 Å². The molecule has 1 saturated carbocycles. The zero-order chi connectivity index (χ0) is 24.6. The molecule has 0 radical (unpaired) electrons. The van der Waals surface area contributed by atoms with Crippen molar-refractivity contribution in [3.05, 3.63) is 65.5 Å². The molecule has 1 aromatic carbocycles. The van der Waals surface area contributed by atoms with E-state index in [9.17, 15) is 22.4 Å². The Morgan fingerprint density at radius 2 is 1.86 bits per heavy atom. The molecule has 2 saturated heterocycles. The van der Waals surface area contributed by atoms with Crippen molar-refractivity contribution in [2.24, 2.45) is 11.8 Å². The maximum Gasteiger partial charge on any atom is 0.262 e. The summed E-state index contributed by atoms with van der Waals surface area (Å²) in [6.45, 7) is -0.777. The lowest BCUT2D eigenvalue weighted by Crippen LogP contribution is -2.56. The van der Waals surface area contributed by atoms with Crippen molar-refractivity contribution >= 4 is 5.91 Å². The van der Waals surface area contributed by atoms with E-state index < -0.39 is 36.6 Å². The number of hydrogen-bond acceptors (Lipinski definition) is 5. The highest BCUT2D eigenvalue weighted by Crippen LogP contribution is 2.40. The lowest BCUT2D eigenvalue weighted by Gasteiger charge is -2.39. The maximum absolute atomic E-state index is 14.5. The number of fused-ring (bicyclic) bond motifs is 1. The van der Waals surface area contributed by atoms with Crippen LogP contribution in [0.2, 0.25) is 0 Å². The molecule has 5 atom stereocenters. The largest absolute Gasteiger partial charge is 0.352 e. The van der Waals surface area contributed by atoms with Gasteiger partial charge in [-0.15, -0.1) is 0 Å². The molecule has 3 N–H and O–H groups in total. The van der Waals surface area contributed by atoms with Crippen molar-refractivity contribution in [2.75, 3.05) is 13.1 Å². The molecule has 5 unspecified atom stereocenters. The zero-order valence-corrected chi connectivity index (χ0v) is 19.2. The first kappa shape index (κ1) is 24.1. The molecular weight excluding hydrogens is 462 g/mol. The quantitative estimate of drug-likeness (QED) is 0.560. The monoisotopic (exact) mass is 491 g/mol. The fourth-order valence-electron chi connectivity index (χ4n) is 5.83. The standard InChI is InChI=1S/C25H29F4N5O/c26-20-2-1-3-21(27)19(20)13-34-12-17(11-25(28,29)14-34)31-24(35)16-4-5-22-18(10-16)23(33-32-22)15-6-8-30-9-7-15/h1-3,6-9,16-18,22-23,32-33H,4-5,10-14H2,(H,31,35). The summed E-state index contributed by atoms with van der Waals surface area (Å²) in [6.07, 6.45) is 5.08. The molecule has 3 aliphatic rings. The molecule has 188 valence electrons. The second kappa shape index (κ2) is 9.83. The number of carbonyl (C=O) groups excluding carboxylic acids is 1. The van der Waals surface area contributed by atoms with E-state index in [2.05, 4.69) is 21.2 Å². The van der Waals surface area contributed by atoms with Crippen molar-refractivity contribution < 1.29 is 22.4 Å². The summed E-state index contributed by atoms with van der Waals surface area (Å²) < 4.78 is 57.2. The van der Waals surface area contributed by atoms with Crippen LogP contribution in [-0.4, -0.2) is 46.9 Å². The SMILES string of the molecule is O=C(NC1CN(Cc2c(F)cccc2F)CC(F)(F)C1)C1CCC2NNC(c3ccncc3)C2C1. The van der Waals surface area contributed by atoms with Crippen LogP contribution >= 0.6 is 0 Å². The number of nitrogens with zero attached hydrogens (tertiary/aromatic N) is 2. The number of piperidine rings is 1. The van der Waals surface area contributed by atoms with Crippen LogP contribution in [0.5, 0.6) is 0 Å². The molecule has 2 aromatic rings. The maximum atomic E-state index is 14.5. The molecular formula is C25H29F4N5O. The summed E-state index contributed by atoms with van der Waals surface area (Å²) in [6, 6.07) is 6.85. The van der Waals surface area contributed by atoms with E-state index in [1.165, 1.54) is 11.0 Å². The highest BCUT2D eigenvalue weighted by Gasteiger charge is 2.45. The lowest BCUT2D eigenvalue weighted by atomic mass is 9.74. The Labute approximate surface area is 201 Å². The van der Waals surface area contributed by atoms with Gasteiger partial charge in [-0.1, -0.05) is 6.07 Å². The Morgan fingerprint density at radius 3 is 2.60 bits per heavy atom. The second-order valence-electron chi connectivity index (χ2n) is 9.96. The van der Waals surface area contributed by atoms with Gasteiger partial charge in [0.1, 0.15) is 11.6 Å². The van der Waals surface area contributed by atoms with E-state index >= 15 is 0 Å². The number of carbonyl (C=O) groups is 1. The van der Waals surface area contributed by atoms with Crippen LogP contribution in [0.15, 0.2) is 42.7 Å². The van der Waals surface area contributed by atoms with E-state index in [1.54, 1.807) is 12.4 Å². The minimum absolute atomic E-state index is 0.0452. The highest BCUT2D eigenvalue weighted by molar-refractivity contribution is 5.79. The van der Waals surface area contributed by atoms with Crippen LogP contribution in [0.1, 0.15) is 42.9 Å². The minimum Gasteiger partial charge on any atom is -0.352 e. The number of benzene rings is 1. The van der Waals surface area contributed by atoms with Crippen molar-refractivity contribution in [3.8, 4) is 0 Å². The van der Waals surface area contributed by atoms with E-state index in [-0.39, 0.29) is 48.5 Å². The van der Waals surface area contributed by atoms with Gasteiger partial charge in [0.25, 0.3) is 5.92 Å². The first-order chi connectivity index (χ1) is 16.8. The average Bonchev–Trinajstić information content (AvgIpc) is 3.24. The van der Waals surface area contributed by atoms with Gasteiger partial charge < -0.3 is 5.32 Å². The molecule has 2 aliphatic heterocycles. The number of aromatic nitrogens is 1. The predicted octanol–water partition coefficient (Wildman–Crippen LogP) is 3.32. The summed E-state index contributed by atoms with van der Waals surface area (Å²) >= 11 is 0. The van der Waals surface area contributed by atoms with Crippen molar-refractivity contribution in [2.45, 2.75) is 56.3 Å². The summed E-state index contributed by atoms with van der Waals surface area (Å²) in [4.78, 5) is 18.5. The average molecular weight is 492 g/mol. The molecule has 3 fully saturated rings. The van der Waals surface area contributed by atoms with E-state index in [0.717, 1.165) is 24.1 Å². The number of amides is 1. The van der Waals surface area contributed by atoms with Gasteiger partial charge >= 0.3 is 0 Å². The smallest absolute Gasteiger partial charge is 0.262 e. The number of hydrogen-bond donors (Lipinski definition) is 3. The van der Waals surface area contributed by atoms with Crippen molar-refractivity contribution in [3.63, 3.8) is 0 Å². The number of pyridine rings is 1. The molecule has 10 heteroatoms. The predicted molar refractivity (Wildman–Crippen MR) is 121 cm³/mol. The fraction of sp³-hybridized carbons (Fsp3) is 0.520. The van der Waals surface area contributed by atoms with E-state index in [1.807, 2.05) is 12.1 Å². The van der Waals surface area contributed by atoms with E-state index in [4.69, 9.17) is 0 Å². The van der Waals surface area contributed by atoms with Gasteiger partial charge in [-0.3, -0.25) is 20.1 Å². The zero-order valence-electron chi connectivity index (χ0n) is 19.2.